The first-order chi connectivity index (χ1) is 6.82. The maximum atomic E-state index is 12.1. The zero-order valence-electron chi connectivity index (χ0n) is 7.90. The Morgan fingerprint density at radius 3 is 2.53 bits per heavy atom. The zero-order chi connectivity index (χ0) is 11.6. The van der Waals surface area contributed by atoms with Gasteiger partial charge in [0.15, 0.2) is 9.84 Å². The molecule has 1 saturated heterocycles. The summed E-state index contributed by atoms with van der Waals surface area (Å²) < 4.78 is 46.5. The Bertz CT molecular complexity index is 339. The average molecular weight is 242 g/mol. The van der Waals surface area contributed by atoms with Crippen molar-refractivity contribution in [1.82, 2.24) is 0 Å². The number of carbonyl (C=O) groups is 1. The van der Waals surface area contributed by atoms with E-state index in [4.69, 9.17) is 5.11 Å². The molecular weight excluding hydrogens is 230 g/mol. The fourth-order valence-electron chi connectivity index (χ4n) is 1.81. The highest BCUT2D eigenvalue weighted by Crippen LogP contribution is 2.30. The first-order valence-electron chi connectivity index (χ1n) is 4.53. The third-order valence-corrected chi connectivity index (χ3v) is 4.32. The van der Waals surface area contributed by atoms with Crippen LogP contribution < -0.4 is 0 Å². The number of rotatable bonds is 3. The lowest BCUT2D eigenvalue weighted by Crippen LogP contribution is -2.38. The van der Waals surface area contributed by atoms with Crippen LogP contribution in [-0.4, -0.2) is 37.4 Å². The van der Waals surface area contributed by atoms with Crippen molar-refractivity contribution < 1.29 is 27.1 Å². The lowest BCUT2D eigenvalue weighted by molar-refractivity contribution is -0.143. The fourth-order valence-corrected chi connectivity index (χ4v) is 3.60. The molecule has 0 aromatic rings. The van der Waals surface area contributed by atoms with Crippen LogP contribution in [0.4, 0.5) is 8.78 Å². The van der Waals surface area contributed by atoms with Gasteiger partial charge in [-0.2, -0.15) is 0 Å². The van der Waals surface area contributed by atoms with Gasteiger partial charge in [-0.25, -0.2) is 17.2 Å². The molecule has 2 unspecified atom stereocenters. The molecule has 0 amide bonds. The van der Waals surface area contributed by atoms with E-state index >= 15 is 0 Å². The second kappa shape index (κ2) is 4.42. The number of hydrogen-bond acceptors (Lipinski definition) is 3. The Balaban J connectivity index is 2.76. The van der Waals surface area contributed by atoms with E-state index in [0.717, 1.165) is 0 Å². The molecule has 1 N–H and O–H groups in total. The molecule has 0 spiro atoms. The minimum absolute atomic E-state index is 0.0175. The predicted molar refractivity (Wildman–Crippen MR) is 48.5 cm³/mol. The molecule has 15 heavy (non-hydrogen) atoms. The van der Waals surface area contributed by atoms with E-state index < -0.39 is 46.2 Å². The molecular formula is C8H12F2O4S. The van der Waals surface area contributed by atoms with Crippen LogP contribution in [0.1, 0.15) is 12.8 Å². The van der Waals surface area contributed by atoms with E-state index in [2.05, 4.69) is 0 Å². The molecule has 88 valence electrons. The summed E-state index contributed by atoms with van der Waals surface area (Å²) in [7, 11) is -3.37. The van der Waals surface area contributed by atoms with Gasteiger partial charge in [0.1, 0.15) is 0 Å². The third kappa shape index (κ3) is 3.40. The minimum atomic E-state index is -3.37. The van der Waals surface area contributed by atoms with Gasteiger partial charge >= 0.3 is 5.97 Å². The molecule has 1 heterocycles. The van der Waals surface area contributed by atoms with E-state index in [0.29, 0.717) is 0 Å². The monoisotopic (exact) mass is 242 g/mol. The van der Waals surface area contributed by atoms with Gasteiger partial charge in [-0.15, -0.1) is 0 Å². The van der Waals surface area contributed by atoms with Crippen LogP contribution in [0.3, 0.4) is 0 Å². The van der Waals surface area contributed by atoms with Gasteiger partial charge < -0.3 is 5.11 Å². The predicted octanol–water partition coefficient (Wildman–Crippen LogP) is 0.777. The van der Waals surface area contributed by atoms with Crippen molar-refractivity contribution in [2.75, 3.05) is 11.5 Å². The second-order valence-electron chi connectivity index (χ2n) is 3.73. The highest BCUT2D eigenvalue weighted by molar-refractivity contribution is 7.91. The second-order valence-corrected chi connectivity index (χ2v) is 5.96. The highest BCUT2D eigenvalue weighted by Gasteiger charge is 2.38. The molecule has 0 saturated carbocycles. The molecule has 7 heteroatoms. The van der Waals surface area contributed by atoms with Crippen LogP contribution in [0.2, 0.25) is 0 Å². The Kier molecular flexibility index (Phi) is 3.64. The molecule has 1 aliphatic heterocycles. The molecule has 0 aromatic carbocycles. The summed E-state index contributed by atoms with van der Waals surface area (Å²) in [5.41, 5.74) is 0. The summed E-state index contributed by atoms with van der Waals surface area (Å²) in [6.07, 6.45) is -3.10. The summed E-state index contributed by atoms with van der Waals surface area (Å²) in [6, 6.07) is 0. The van der Waals surface area contributed by atoms with E-state index in [1.807, 2.05) is 0 Å². The molecule has 1 aliphatic rings. The standard InChI is InChI=1S/C8H12F2O4S/c9-7(10)3-5-1-2-15(13,14)4-6(5)8(11)12/h5-7H,1-4H2,(H,11,12). The van der Waals surface area contributed by atoms with Crippen molar-refractivity contribution in [3.63, 3.8) is 0 Å². The molecule has 2 atom stereocenters. The van der Waals surface area contributed by atoms with Crippen molar-refractivity contribution in [2.45, 2.75) is 19.3 Å². The van der Waals surface area contributed by atoms with Gasteiger partial charge in [0, 0.05) is 6.42 Å². The summed E-state index contributed by atoms with van der Waals surface area (Å²) in [4.78, 5) is 10.7. The van der Waals surface area contributed by atoms with Crippen LogP contribution in [0.15, 0.2) is 0 Å². The number of alkyl halides is 2. The van der Waals surface area contributed by atoms with Gasteiger partial charge in [0.05, 0.1) is 17.4 Å². The number of halogens is 2. The van der Waals surface area contributed by atoms with Gasteiger partial charge in [-0.3, -0.25) is 4.79 Å². The van der Waals surface area contributed by atoms with Gasteiger partial charge in [-0.05, 0) is 12.3 Å². The molecule has 1 rings (SSSR count). The maximum Gasteiger partial charge on any atom is 0.307 e. The zero-order valence-corrected chi connectivity index (χ0v) is 8.71. The van der Waals surface area contributed by atoms with Crippen LogP contribution in [0.5, 0.6) is 0 Å². The van der Waals surface area contributed by atoms with Crippen LogP contribution >= 0.6 is 0 Å². The molecule has 0 bridgehead atoms. The minimum Gasteiger partial charge on any atom is -0.481 e. The Hall–Kier alpha value is -0.720. The smallest absolute Gasteiger partial charge is 0.307 e. The summed E-state index contributed by atoms with van der Waals surface area (Å²) in [6.45, 7) is 0. The Morgan fingerprint density at radius 2 is 2.07 bits per heavy atom. The number of carboxylic acids is 1. The Morgan fingerprint density at radius 1 is 1.47 bits per heavy atom. The van der Waals surface area contributed by atoms with Gasteiger partial charge in [0.2, 0.25) is 6.43 Å². The molecule has 0 aromatic heterocycles. The SMILES string of the molecule is O=C(O)C1CS(=O)(=O)CCC1CC(F)F. The molecule has 0 aliphatic carbocycles. The first-order valence-corrected chi connectivity index (χ1v) is 6.35. The topological polar surface area (TPSA) is 71.4 Å². The van der Waals surface area contributed by atoms with Crippen molar-refractivity contribution in [3.05, 3.63) is 0 Å². The third-order valence-electron chi connectivity index (χ3n) is 2.60. The van der Waals surface area contributed by atoms with Crippen LogP contribution in [-0.2, 0) is 14.6 Å². The van der Waals surface area contributed by atoms with Crippen molar-refractivity contribution in [2.24, 2.45) is 11.8 Å². The summed E-state index contributed by atoms with van der Waals surface area (Å²) in [5, 5.41) is 8.74. The molecule has 1 fully saturated rings. The molecule has 4 nitrogen and oxygen atoms in total. The largest absolute Gasteiger partial charge is 0.481 e. The number of sulfone groups is 1. The van der Waals surface area contributed by atoms with Gasteiger partial charge in [-0.1, -0.05) is 0 Å². The summed E-state index contributed by atoms with van der Waals surface area (Å²) >= 11 is 0. The number of aliphatic carboxylic acids is 1. The number of hydrogen-bond donors (Lipinski definition) is 1. The van der Waals surface area contributed by atoms with E-state index in [-0.39, 0.29) is 12.2 Å². The highest BCUT2D eigenvalue weighted by atomic mass is 32.2. The molecule has 0 radical (unpaired) electrons. The van der Waals surface area contributed by atoms with E-state index in [1.54, 1.807) is 0 Å². The average Bonchev–Trinajstić information content (AvgIpc) is 2.07. The maximum absolute atomic E-state index is 12.1. The van der Waals surface area contributed by atoms with Crippen LogP contribution in [0.25, 0.3) is 0 Å². The fraction of sp³-hybridized carbons (Fsp3) is 0.875. The van der Waals surface area contributed by atoms with E-state index in [9.17, 15) is 22.0 Å². The lowest BCUT2D eigenvalue weighted by Gasteiger charge is -2.27. The van der Waals surface area contributed by atoms with Crippen molar-refractivity contribution in [3.8, 4) is 0 Å². The Labute approximate surface area is 86.2 Å². The lowest BCUT2D eigenvalue weighted by atomic mass is 9.88. The first kappa shape index (κ1) is 12.4. The number of carboxylic acid groups (broad SMARTS) is 1. The van der Waals surface area contributed by atoms with Gasteiger partial charge in [0.25, 0.3) is 0 Å². The van der Waals surface area contributed by atoms with Crippen molar-refractivity contribution in [1.29, 1.82) is 0 Å². The normalized spacial score (nSPS) is 30.3. The van der Waals surface area contributed by atoms with Crippen molar-refractivity contribution >= 4 is 15.8 Å². The van der Waals surface area contributed by atoms with Crippen LogP contribution in [0, 0.1) is 11.8 Å². The quantitative estimate of drug-likeness (QED) is 0.793. The summed E-state index contributed by atoms with van der Waals surface area (Å²) in [5.74, 6) is -3.92. The van der Waals surface area contributed by atoms with E-state index in [1.165, 1.54) is 0 Å².